The van der Waals surface area contributed by atoms with Crippen molar-refractivity contribution in [1.82, 2.24) is 19.9 Å². The lowest BCUT2D eigenvalue weighted by atomic mass is 9.92. The van der Waals surface area contributed by atoms with Gasteiger partial charge in [0.05, 0.1) is 6.04 Å². The molecule has 0 saturated heterocycles. The van der Waals surface area contributed by atoms with Crippen molar-refractivity contribution in [2.24, 2.45) is 0 Å². The van der Waals surface area contributed by atoms with Gasteiger partial charge in [-0.05, 0) is 42.7 Å². The second kappa shape index (κ2) is 6.87. The summed E-state index contributed by atoms with van der Waals surface area (Å²) in [5.74, 6) is 0.616. The Bertz CT molecular complexity index is 1250. The number of halogens is 1. The molecule has 1 aliphatic heterocycles. The number of nitrogens with one attached hydrogen (secondary N) is 1. The highest BCUT2D eigenvalue weighted by atomic mass is 35.5. The minimum absolute atomic E-state index is 0.0912. The minimum Gasteiger partial charge on any atom is -0.394 e. The van der Waals surface area contributed by atoms with Gasteiger partial charge in [-0.25, -0.2) is 0 Å². The number of benzene rings is 2. The molecule has 1 aliphatic rings. The van der Waals surface area contributed by atoms with Gasteiger partial charge in [-0.1, -0.05) is 41.4 Å². The van der Waals surface area contributed by atoms with Crippen LogP contribution in [0.15, 0.2) is 48.8 Å². The number of aromatic nitrogens is 4. The van der Waals surface area contributed by atoms with Crippen molar-refractivity contribution in [3.05, 3.63) is 87.6 Å². The molecule has 0 spiro atoms. The maximum Gasteiger partial charge on any atom is 0.376 e. The molecule has 0 radical (unpaired) electrons. The van der Waals surface area contributed by atoms with Crippen LogP contribution in [0.25, 0.3) is 15.7 Å². The van der Waals surface area contributed by atoms with Gasteiger partial charge in [-0.3, -0.25) is 0 Å². The highest BCUT2D eigenvalue weighted by Gasteiger charge is 2.34. The molecule has 3 heterocycles. The molecule has 6 nitrogen and oxygen atoms in total. The zero-order valence-corrected chi connectivity index (χ0v) is 16.5. The number of nitrogens with zero attached hydrogens (tertiary/aromatic N) is 5. The molecule has 2 aromatic carbocycles. The Kier molecular flexibility index (Phi) is 4.18. The lowest BCUT2D eigenvalue weighted by molar-refractivity contribution is 0.625. The maximum atomic E-state index is 7.24. The van der Waals surface area contributed by atoms with Gasteiger partial charge in [0.1, 0.15) is 0 Å². The van der Waals surface area contributed by atoms with E-state index < -0.39 is 0 Å². The quantitative estimate of drug-likeness (QED) is 0.480. The van der Waals surface area contributed by atoms with E-state index in [4.69, 9.17) is 18.2 Å². The third-order valence-corrected chi connectivity index (χ3v) is 5.62. The van der Waals surface area contributed by atoms with Gasteiger partial charge < -0.3 is 14.7 Å². The second-order valence-electron chi connectivity index (χ2n) is 7.16. The van der Waals surface area contributed by atoms with E-state index in [1.165, 1.54) is 17.5 Å². The minimum atomic E-state index is -0.0912. The van der Waals surface area contributed by atoms with Crippen LogP contribution in [0.5, 0.6) is 0 Å². The Labute approximate surface area is 173 Å². The molecule has 7 heteroatoms. The summed E-state index contributed by atoms with van der Waals surface area (Å²) in [6.45, 7) is 10.0. The van der Waals surface area contributed by atoms with E-state index in [9.17, 15) is 0 Å². The fourth-order valence-corrected chi connectivity index (χ4v) is 4.22. The first-order chi connectivity index (χ1) is 14.1. The van der Waals surface area contributed by atoms with Gasteiger partial charge in [-0.2, -0.15) is 4.98 Å². The van der Waals surface area contributed by atoms with E-state index >= 15 is 0 Å². The number of rotatable bonds is 2. The number of H-pyrrole nitrogens is 1. The molecule has 5 rings (SSSR count). The molecule has 0 unspecified atom stereocenters. The number of anilines is 1. The summed E-state index contributed by atoms with van der Waals surface area (Å²) in [5, 5.41) is 1.88. The predicted octanol–water partition coefficient (Wildman–Crippen LogP) is 5.02. The molecule has 0 bridgehead atoms. The summed E-state index contributed by atoms with van der Waals surface area (Å²) < 4.78 is 0. The summed E-state index contributed by atoms with van der Waals surface area (Å²) in [4.78, 5) is 21.8. The molecule has 0 fully saturated rings. The fraction of sp³-hybridized carbons (Fsp3) is 0.182. The smallest absolute Gasteiger partial charge is 0.376 e. The molecule has 0 saturated carbocycles. The van der Waals surface area contributed by atoms with E-state index in [2.05, 4.69) is 60.9 Å². The van der Waals surface area contributed by atoms with Crippen molar-refractivity contribution < 1.29 is 0 Å². The van der Waals surface area contributed by atoms with Crippen LogP contribution in [0.1, 0.15) is 28.4 Å². The van der Waals surface area contributed by atoms with Crippen molar-refractivity contribution in [1.29, 1.82) is 0 Å². The van der Waals surface area contributed by atoms with E-state index in [1.807, 2.05) is 18.2 Å². The van der Waals surface area contributed by atoms with Crippen LogP contribution in [-0.2, 0) is 6.42 Å². The topological polar surface area (TPSA) is 62.1 Å². The molecule has 0 amide bonds. The van der Waals surface area contributed by atoms with Gasteiger partial charge in [0, 0.05) is 28.2 Å². The van der Waals surface area contributed by atoms with E-state index in [0.717, 1.165) is 40.1 Å². The van der Waals surface area contributed by atoms with Crippen molar-refractivity contribution in [2.75, 3.05) is 11.4 Å². The fourth-order valence-electron chi connectivity index (χ4n) is 4.04. The van der Waals surface area contributed by atoms with Crippen LogP contribution in [0.4, 0.5) is 11.9 Å². The standard InChI is InChI=1S/C22H17ClN6/c1-13-3-5-14(6-4-13)20-19-16(17-11-15(23)7-8-18(17)27-19)9-10-29(20)22-26-12-25-21(24-2)28-22/h3-8,11-12,20,27H,9-10H2,1H3/t20-/m0/s1. The molecular formula is C22H17ClN6. The average Bonchev–Trinajstić information content (AvgIpc) is 3.11. The summed E-state index contributed by atoms with van der Waals surface area (Å²) in [7, 11) is 0. The normalized spacial score (nSPS) is 15.9. The molecular weight excluding hydrogens is 384 g/mol. The maximum absolute atomic E-state index is 7.24. The van der Waals surface area contributed by atoms with Crippen molar-refractivity contribution in [3.8, 4) is 0 Å². The Morgan fingerprint density at radius 1 is 1.17 bits per heavy atom. The molecule has 2 aromatic heterocycles. The predicted molar refractivity (Wildman–Crippen MR) is 113 cm³/mol. The van der Waals surface area contributed by atoms with Gasteiger partial charge in [0.15, 0.2) is 6.33 Å². The summed E-state index contributed by atoms with van der Waals surface area (Å²) >= 11 is 6.27. The largest absolute Gasteiger partial charge is 0.394 e. The number of hydrogen-bond donors (Lipinski definition) is 1. The van der Waals surface area contributed by atoms with E-state index in [1.54, 1.807) is 0 Å². The van der Waals surface area contributed by atoms with Gasteiger partial charge in [-0.15, -0.1) is 16.5 Å². The lowest BCUT2D eigenvalue weighted by Gasteiger charge is -2.35. The van der Waals surface area contributed by atoms with Crippen LogP contribution in [0.2, 0.25) is 5.02 Å². The van der Waals surface area contributed by atoms with Gasteiger partial charge >= 0.3 is 5.95 Å². The zero-order chi connectivity index (χ0) is 20.0. The summed E-state index contributed by atoms with van der Waals surface area (Å²) in [5.41, 5.74) is 5.79. The molecule has 1 N–H and O–H groups in total. The molecule has 142 valence electrons. The first-order valence-corrected chi connectivity index (χ1v) is 9.71. The molecule has 0 aliphatic carbocycles. The highest BCUT2D eigenvalue weighted by molar-refractivity contribution is 6.31. The lowest BCUT2D eigenvalue weighted by Crippen LogP contribution is -2.37. The first-order valence-electron chi connectivity index (χ1n) is 9.34. The van der Waals surface area contributed by atoms with Crippen LogP contribution < -0.4 is 4.90 Å². The third kappa shape index (κ3) is 3.00. The number of aryl methyl sites for hydroxylation is 1. The van der Waals surface area contributed by atoms with Crippen molar-refractivity contribution in [2.45, 2.75) is 19.4 Å². The Balaban J connectivity index is 1.71. The van der Waals surface area contributed by atoms with Crippen LogP contribution >= 0.6 is 11.6 Å². The van der Waals surface area contributed by atoms with Crippen molar-refractivity contribution in [3.63, 3.8) is 0 Å². The highest BCUT2D eigenvalue weighted by Crippen LogP contribution is 2.40. The van der Waals surface area contributed by atoms with E-state index in [-0.39, 0.29) is 12.0 Å². The molecule has 29 heavy (non-hydrogen) atoms. The van der Waals surface area contributed by atoms with Gasteiger partial charge in [0.2, 0.25) is 0 Å². The van der Waals surface area contributed by atoms with Crippen LogP contribution in [0.3, 0.4) is 0 Å². The Morgan fingerprint density at radius 2 is 2.00 bits per heavy atom. The number of fused-ring (bicyclic) bond motifs is 3. The molecule has 4 aromatic rings. The van der Waals surface area contributed by atoms with Crippen LogP contribution in [-0.4, -0.2) is 26.5 Å². The van der Waals surface area contributed by atoms with Crippen molar-refractivity contribution >= 4 is 34.4 Å². The Morgan fingerprint density at radius 3 is 2.79 bits per heavy atom. The SMILES string of the molecule is [C-]#[N+]c1ncnc(N2CCc3c([nH]c4ccc(Cl)cc34)[C@@H]2c2ccc(C)cc2)n1. The monoisotopic (exact) mass is 400 g/mol. The zero-order valence-electron chi connectivity index (χ0n) is 15.7. The van der Waals surface area contributed by atoms with Gasteiger partial charge in [0.25, 0.3) is 5.95 Å². The summed E-state index contributed by atoms with van der Waals surface area (Å²) in [6.07, 6.45) is 2.24. The Hall–Kier alpha value is -3.43. The first kappa shape index (κ1) is 17.7. The number of aromatic amines is 1. The summed E-state index contributed by atoms with van der Waals surface area (Å²) in [6, 6.07) is 14.3. The van der Waals surface area contributed by atoms with Crippen LogP contribution in [0, 0.1) is 13.5 Å². The average molecular weight is 401 g/mol. The second-order valence-corrected chi connectivity index (χ2v) is 7.60. The third-order valence-electron chi connectivity index (χ3n) is 5.39. The molecule has 1 atom stereocenters. The number of hydrogen-bond acceptors (Lipinski definition) is 4. The van der Waals surface area contributed by atoms with E-state index in [0.29, 0.717) is 5.95 Å².